The maximum atomic E-state index is 12.9. The van der Waals surface area contributed by atoms with Crippen molar-refractivity contribution in [3.63, 3.8) is 0 Å². The number of hydrogen-bond donors (Lipinski definition) is 0. The summed E-state index contributed by atoms with van der Waals surface area (Å²) in [6.45, 7) is 0. The Hall–Kier alpha value is -2.98. The third-order valence-electron chi connectivity index (χ3n) is 2.76. The van der Waals surface area contributed by atoms with Gasteiger partial charge in [-0.15, -0.1) is 13.2 Å². The van der Waals surface area contributed by atoms with Crippen LogP contribution in [-0.4, -0.2) is 11.3 Å². The van der Waals surface area contributed by atoms with Gasteiger partial charge in [-0.25, -0.2) is 0 Å². The molecule has 0 saturated heterocycles. The number of rotatable bonds is 4. The average molecular weight is 367 g/mol. The first-order chi connectivity index (χ1) is 11.5. The lowest BCUT2D eigenvalue weighted by molar-refractivity contribution is -0.388. The van der Waals surface area contributed by atoms with Gasteiger partial charge in [0.05, 0.1) is 4.92 Å². The number of alkyl halides is 6. The highest BCUT2D eigenvalue weighted by atomic mass is 19.4. The number of nitrogens with zero attached hydrogens (tertiary/aromatic N) is 1. The lowest BCUT2D eigenvalue weighted by Crippen LogP contribution is -2.16. The smallest absolute Gasteiger partial charge is 0.457 e. The van der Waals surface area contributed by atoms with Crippen LogP contribution in [0, 0.1) is 10.1 Å². The molecule has 2 rings (SSSR count). The molecule has 0 radical (unpaired) electrons. The Kier molecular flexibility index (Phi) is 4.77. The third-order valence-corrected chi connectivity index (χ3v) is 2.76. The second kappa shape index (κ2) is 6.49. The Balaban J connectivity index is 2.24. The predicted octanol–water partition coefficient (Wildman–Crippen LogP) is 5.30. The Morgan fingerprint density at radius 1 is 0.840 bits per heavy atom. The minimum Gasteiger partial charge on any atom is -0.457 e. The van der Waals surface area contributed by atoms with Gasteiger partial charge in [-0.1, -0.05) is 0 Å². The number of benzene rings is 2. The molecule has 0 unspecified atom stereocenters. The van der Waals surface area contributed by atoms with Gasteiger partial charge in [-0.05, 0) is 36.4 Å². The van der Waals surface area contributed by atoms with Gasteiger partial charge < -0.3 is 9.47 Å². The first-order valence-electron chi connectivity index (χ1n) is 6.35. The molecular weight excluding hydrogens is 360 g/mol. The fourth-order valence-electron chi connectivity index (χ4n) is 1.81. The van der Waals surface area contributed by atoms with Crippen molar-refractivity contribution in [3.05, 3.63) is 58.1 Å². The van der Waals surface area contributed by atoms with E-state index in [9.17, 15) is 36.5 Å². The maximum absolute atomic E-state index is 12.9. The zero-order chi connectivity index (χ0) is 18.8. The standard InChI is InChI=1S/C14H7F6NO4/c15-13(16,17)11-7-10(5-6-12(11)21(22)23)24-8-1-3-9(4-2-8)25-14(18,19)20/h1-7H. The van der Waals surface area contributed by atoms with Crippen molar-refractivity contribution < 1.29 is 40.7 Å². The predicted molar refractivity (Wildman–Crippen MR) is 71.3 cm³/mol. The molecule has 0 amide bonds. The van der Waals surface area contributed by atoms with Crippen LogP contribution < -0.4 is 9.47 Å². The number of nitro groups is 1. The molecule has 134 valence electrons. The topological polar surface area (TPSA) is 61.6 Å². The number of hydrogen-bond acceptors (Lipinski definition) is 4. The first-order valence-corrected chi connectivity index (χ1v) is 6.35. The summed E-state index contributed by atoms with van der Waals surface area (Å²) < 4.78 is 83.4. The highest BCUT2D eigenvalue weighted by Gasteiger charge is 2.38. The number of halogens is 6. The molecule has 0 spiro atoms. The summed E-state index contributed by atoms with van der Waals surface area (Å²) >= 11 is 0. The summed E-state index contributed by atoms with van der Waals surface area (Å²) in [5, 5.41) is 10.6. The van der Waals surface area contributed by atoms with E-state index in [1.54, 1.807) is 0 Å². The zero-order valence-electron chi connectivity index (χ0n) is 11.9. The molecule has 5 nitrogen and oxygen atoms in total. The lowest BCUT2D eigenvalue weighted by atomic mass is 10.1. The van der Waals surface area contributed by atoms with Crippen molar-refractivity contribution in [3.8, 4) is 17.2 Å². The summed E-state index contributed by atoms with van der Waals surface area (Å²) in [7, 11) is 0. The Morgan fingerprint density at radius 2 is 1.36 bits per heavy atom. The van der Waals surface area contributed by atoms with Crippen molar-refractivity contribution in [2.24, 2.45) is 0 Å². The SMILES string of the molecule is O=[N+]([O-])c1ccc(Oc2ccc(OC(F)(F)F)cc2)cc1C(F)(F)F. The van der Waals surface area contributed by atoms with Gasteiger partial charge in [0.1, 0.15) is 22.8 Å². The van der Waals surface area contributed by atoms with E-state index in [0.717, 1.165) is 30.3 Å². The Morgan fingerprint density at radius 3 is 1.84 bits per heavy atom. The first kappa shape index (κ1) is 18.4. The molecule has 0 heterocycles. The molecule has 0 atom stereocenters. The summed E-state index contributed by atoms with van der Waals surface area (Å²) in [5.74, 6) is -1.00. The van der Waals surface area contributed by atoms with Crippen molar-refractivity contribution >= 4 is 5.69 Å². The van der Waals surface area contributed by atoms with Crippen molar-refractivity contribution in [2.45, 2.75) is 12.5 Å². The van der Waals surface area contributed by atoms with Crippen LogP contribution in [0.4, 0.5) is 32.0 Å². The van der Waals surface area contributed by atoms with Crippen LogP contribution in [0.2, 0.25) is 0 Å². The Labute approximate surface area is 135 Å². The highest BCUT2D eigenvalue weighted by molar-refractivity contribution is 5.48. The molecule has 0 aromatic heterocycles. The average Bonchev–Trinajstić information content (AvgIpc) is 2.46. The molecule has 0 fully saturated rings. The second-order valence-electron chi connectivity index (χ2n) is 4.56. The van der Waals surface area contributed by atoms with Gasteiger partial charge >= 0.3 is 12.5 Å². The number of nitro benzene ring substituents is 1. The number of ether oxygens (including phenoxy) is 2. The van der Waals surface area contributed by atoms with Gasteiger partial charge in [-0.2, -0.15) is 13.2 Å². The molecule has 11 heteroatoms. The van der Waals surface area contributed by atoms with E-state index in [1.807, 2.05) is 0 Å². The van der Waals surface area contributed by atoms with Crippen LogP contribution in [0.15, 0.2) is 42.5 Å². The summed E-state index contributed by atoms with van der Waals surface area (Å²) in [6.07, 6.45) is -9.87. The van der Waals surface area contributed by atoms with Gasteiger partial charge in [0.15, 0.2) is 0 Å². The molecule has 0 aliphatic heterocycles. The van der Waals surface area contributed by atoms with Crippen LogP contribution in [0.1, 0.15) is 5.56 Å². The normalized spacial score (nSPS) is 11.9. The van der Waals surface area contributed by atoms with Crippen LogP contribution in [0.25, 0.3) is 0 Å². The van der Waals surface area contributed by atoms with Gasteiger partial charge in [0, 0.05) is 6.07 Å². The highest BCUT2D eigenvalue weighted by Crippen LogP contribution is 2.39. The quantitative estimate of drug-likeness (QED) is 0.418. The molecule has 2 aromatic carbocycles. The van der Waals surface area contributed by atoms with Crippen molar-refractivity contribution in [2.75, 3.05) is 0 Å². The third kappa shape index (κ3) is 4.99. The van der Waals surface area contributed by atoms with Crippen LogP contribution in [-0.2, 0) is 6.18 Å². The van der Waals surface area contributed by atoms with E-state index in [1.165, 1.54) is 0 Å². The molecule has 0 bridgehead atoms. The fourth-order valence-corrected chi connectivity index (χ4v) is 1.81. The minimum atomic E-state index is -4.98. The van der Waals surface area contributed by atoms with Gasteiger partial charge in [-0.3, -0.25) is 10.1 Å². The summed E-state index contributed by atoms with van der Waals surface area (Å²) in [5.41, 5.74) is -2.65. The monoisotopic (exact) mass is 367 g/mol. The van der Waals surface area contributed by atoms with Crippen LogP contribution in [0.3, 0.4) is 0 Å². The zero-order valence-corrected chi connectivity index (χ0v) is 11.9. The van der Waals surface area contributed by atoms with E-state index in [0.29, 0.717) is 12.1 Å². The van der Waals surface area contributed by atoms with Crippen LogP contribution >= 0.6 is 0 Å². The van der Waals surface area contributed by atoms with E-state index in [2.05, 4.69) is 4.74 Å². The molecule has 2 aromatic rings. The molecular formula is C14H7F6NO4. The second-order valence-corrected chi connectivity index (χ2v) is 4.56. The van der Waals surface area contributed by atoms with E-state index < -0.39 is 34.5 Å². The molecule has 0 aliphatic carbocycles. The lowest BCUT2D eigenvalue weighted by Gasteiger charge is -2.12. The van der Waals surface area contributed by atoms with E-state index >= 15 is 0 Å². The molecule has 0 saturated carbocycles. The summed E-state index contributed by atoms with van der Waals surface area (Å²) in [6, 6.07) is 5.87. The minimum absolute atomic E-state index is 0.0866. The molecule has 0 aliphatic rings. The van der Waals surface area contributed by atoms with E-state index in [4.69, 9.17) is 4.74 Å². The van der Waals surface area contributed by atoms with Gasteiger partial charge in [0.2, 0.25) is 0 Å². The molecule has 0 N–H and O–H groups in total. The van der Waals surface area contributed by atoms with Gasteiger partial charge in [0.25, 0.3) is 5.69 Å². The van der Waals surface area contributed by atoms with Crippen LogP contribution in [0.5, 0.6) is 17.2 Å². The van der Waals surface area contributed by atoms with Crippen molar-refractivity contribution in [1.82, 2.24) is 0 Å². The maximum Gasteiger partial charge on any atom is 0.573 e. The largest absolute Gasteiger partial charge is 0.573 e. The van der Waals surface area contributed by atoms with Crippen molar-refractivity contribution in [1.29, 1.82) is 0 Å². The fraction of sp³-hybridized carbons (Fsp3) is 0.143. The summed E-state index contributed by atoms with van der Waals surface area (Å²) in [4.78, 5) is 9.46. The van der Waals surface area contributed by atoms with E-state index in [-0.39, 0.29) is 11.5 Å². The molecule has 25 heavy (non-hydrogen) atoms. The Bertz CT molecular complexity index is 770.